The van der Waals surface area contributed by atoms with Crippen LogP contribution in [0, 0.1) is 0 Å². The second-order valence-electron chi connectivity index (χ2n) is 4.30. The zero-order chi connectivity index (χ0) is 12.4. The van der Waals surface area contributed by atoms with Crippen LogP contribution < -0.4 is 0 Å². The zero-order valence-electron chi connectivity index (χ0n) is 9.88. The molecule has 0 fully saturated rings. The smallest absolute Gasteiger partial charge is 0.122 e. The fraction of sp³-hybridized carbons (Fsp3) is 0.0625. The molecular formula is C16H13NO. The van der Waals surface area contributed by atoms with Crippen LogP contribution in [0.3, 0.4) is 0 Å². The number of aromatic hydroxyl groups is 1. The molecule has 1 aliphatic rings. The van der Waals surface area contributed by atoms with E-state index in [2.05, 4.69) is 11.1 Å². The number of para-hydroxylation sites is 2. The van der Waals surface area contributed by atoms with Gasteiger partial charge in [0.25, 0.3) is 0 Å². The molecular weight excluding hydrogens is 222 g/mol. The van der Waals surface area contributed by atoms with Gasteiger partial charge in [0, 0.05) is 17.7 Å². The molecule has 88 valence electrons. The van der Waals surface area contributed by atoms with Gasteiger partial charge >= 0.3 is 0 Å². The Morgan fingerprint density at radius 2 is 1.72 bits per heavy atom. The van der Waals surface area contributed by atoms with Gasteiger partial charge in [-0.2, -0.15) is 0 Å². The second kappa shape index (κ2) is 4.49. The van der Waals surface area contributed by atoms with Crippen LogP contribution in [0.2, 0.25) is 0 Å². The van der Waals surface area contributed by atoms with E-state index in [9.17, 15) is 5.11 Å². The van der Waals surface area contributed by atoms with Crippen LogP contribution in [0.1, 0.15) is 11.1 Å². The minimum absolute atomic E-state index is 0.296. The van der Waals surface area contributed by atoms with E-state index in [4.69, 9.17) is 0 Å². The topological polar surface area (TPSA) is 32.6 Å². The lowest BCUT2D eigenvalue weighted by Crippen LogP contribution is -1.91. The predicted molar refractivity (Wildman–Crippen MR) is 74.4 cm³/mol. The van der Waals surface area contributed by atoms with Gasteiger partial charge in [-0.3, -0.25) is 4.99 Å². The van der Waals surface area contributed by atoms with Crippen molar-refractivity contribution in [1.29, 1.82) is 0 Å². The number of aliphatic imine (C=N–C) groups is 1. The van der Waals surface area contributed by atoms with Gasteiger partial charge in [0.2, 0.25) is 0 Å². The summed E-state index contributed by atoms with van der Waals surface area (Å²) in [5.41, 5.74) is 4.15. The predicted octanol–water partition coefficient (Wildman–Crippen LogP) is 3.73. The van der Waals surface area contributed by atoms with Gasteiger partial charge in [0.05, 0.1) is 5.69 Å². The quantitative estimate of drug-likeness (QED) is 0.845. The third-order valence-electron chi connectivity index (χ3n) is 3.02. The van der Waals surface area contributed by atoms with Crippen molar-refractivity contribution in [2.24, 2.45) is 4.99 Å². The molecule has 0 unspecified atom stereocenters. The fourth-order valence-electron chi connectivity index (χ4n) is 2.07. The Bertz CT molecular complexity index is 641. The van der Waals surface area contributed by atoms with Crippen molar-refractivity contribution >= 4 is 17.5 Å². The zero-order valence-corrected chi connectivity index (χ0v) is 9.88. The molecule has 0 aromatic heterocycles. The standard InChI is InChI=1S/C16H13NO/c18-16-8-4-2-5-12(16)9-10-14-11-13-6-1-3-7-15(13)17-14/h1-10,18H,11H2/b10-9-. The number of hydrogen-bond donors (Lipinski definition) is 1. The van der Waals surface area contributed by atoms with Crippen molar-refractivity contribution in [3.63, 3.8) is 0 Å². The summed E-state index contributed by atoms with van der Waals surface area (Å²) >= 11 is 0. The van der Waals surface area contributed by atoms with E-state index in [1.54, 1.807) is 6.07 Å². The summed E-state index contributed by atoms with van der Waals surface area (Å²) in [4.78, 5) is 4.54. The Balaban J connectivity index is 1.82. The first-order valence-corrected chi connectivity index (χ1v) is 5.94. The molecule has 2 nitrogen and oxygen atoms in total. The fourth-order valence-corrected chi connectivity index (χ4v) is 2.07. The summed E-state index contributed by atoms with van der Waals surface area (Å²) in [7, 11) is 0. The van der Waals surface area contributed by atoms with Crippen molar-refractivity contribution in [2.45, 2.75) is 6.42 Å². The molecule has 0 bridgehead atoms. The normalized spacial score (nSPS) is 13.7. The summed E-state index contributed by atoms with van der Waals surface area (Å²) < 4.78 is 0. The summed E-state index contributed by atoms with van der Waals surface area (Å²) in [5.74, 6) is 0.296. The van der Waals surface area contributed by atoms with Gasteiger partial charge in [0.1, 0.15) is 5.75 Å². The number of fused-ring (bicyclic) bond motifs is 1. The molecule has 1 heterocycles. The average molecular weight is 235 g/mol. The highest BCUT2D eigenvalue weighted by atomic mass is 16.3. The average Bonchev–Trinajstić information content (AvgIpc) is 2.80. The van der Waals surface area contributed by atoms with Gasteiger partial charge < -0.3 is 5.11 Å². The molecule has 3 rings (SSSR count). The van der Waals surface area contributed by atoms with E-state index >= 15 is 0 Å². The molecule has 0 saturated carbocycles. The molecule has 2 aromatic carbocycles. The largest absolute Gasteiger partial charge is 0.507 e. The van der Waals surface area contributed by atoms with Gasteiger partial charge in [-0.25, -0.2) is 0 Å². The van der Waals surface area contributed by atoms with Crippen LogP contribution in [0.15, 0.2) is 59.6 Å². The SMILES string of the molecule is Oc1ccccc1/C=C\C1=Nc2ccccc2C1. The molecule has 1 N–H and O–H groups in total. The van der Waals surface area contributed by atoms with E-state index < -0.39 is 0 Å². The number of phenols is 1. The monoisotopic (exact) mass is 235 g/mol. The third-order valence-corrected chi connectivity index (χ3v) is 3.02. The summed E-state index contributed by atoms with van der Waals surface area (Å²) in [6, 6.07) is 15.4. The van der Waals surface area contributed by atoms with Crippen molar-refractivity contribution in [3.8, 4) is 5.75 Å². The maximum atomic E-state index is 9.67. The van der Waals surface area contributed by atoms with Crippen molar-refractivity contribution < 1.29 is 5.11 Å². The van der Waals surface area contributed by atoms with Crippen LogP contribution >= 0.6 is 0 Å². The number of phenolic OH excluding ortho intramolecular Hbond substituents is 1. The minimum Gasteiger partial charge on any atom is -0.507 e. The Morgan fingerprint density at radius 3 is 2.56 bits per heavy atom. The Morgan fingerprint density at radius 1 is 0.944 bits per heavy atom. The highest BCUT2D eigenvalue weighted by molar-refractivity contribution is 6.04. The van der Waals surface area contributed by atoms with Gasteiger partial charge in [-0.05, 0) is 29.8 Å². The van der Waals surface area contributed by atoms with Crippen LogP contribution in [-0.2, 0) is 6.42 Å². The first-order chi connectivity index (χ1) is 8.83. The Labute approximate surface area is 106 Å². The number of rotatable bonds is 2. The van der Waals surface area contributed by atoms with E-state index in [0.29, 0.717) is 5.75 Å². The Hall–Kier alpha value is -2.35. The van der Waals surface area contributed by atoms with Crippen LogP contribution in [0.4, 0.5) is 5.69 Å². The minimum atomic E-state index is 0.296. The van der Waals surface area contributed by atoms with Crippen LogP contribution in [0.25, 0.3) is 6.08 Å². The molecule has 18 heavy (non-hydrogen) atoms. The van der Waals surface area contributed by atoms with Crippen molar-refractivity contribution in [3.05, 3.63) is 65.7 Å². The van der Waals surface area contributed by atoms with E-state index in [-0.39, 0.29) is 0 Å². The number of nitrogens with zero attached hydrogens (tertiary/aromatic N) is 1. The molecule has 0 radical (unpaired) electrons. The van der Waals surface area contributed by atoms with E-state index in [0.717, 1.165) is 23.4 Å². The van der Waals surface area contributed by atoms with Crippen molar-refractivity contribution in [1.82, 2.24) is 0 Å². The van der Waals surface area contributed by atoms with Gasteiger partial charge in [-0.15, -0.1) is 0 Å². The maximum absolute atomic E-state index is 9.67. The first kappa shape index (κ1) is 10.8. The summed E-state index contributed by atoms with van der Waals surface area (Å²) in [5, 5.41) is 9.67. The molecule has 2 aromatic rings. The highest BCUT2D eigenvalue weighted by Gasteiger charge is 2.10. The lowest BCUT2D eigenvalue weighted by molar-refractivity contribution is 0.474. The van der Waals surface area contributed by atoms with Crippen LogP contribution in [0.5, 0.6) is 5.75 Å². The van der Waals surface area contributed by atoms with Crippen LogP contribution in [-0.4, -0.2) is 10.8 Å². The molecule has 1 aliphatic heterocycles. The summed E-state index contributed by atoms with van der Waals surface area (Å²) in [6.07, 6.45) is 4.73. The van der Waals surface area contributed by atoms with Gasteiger partial charge in [0.15, 0.2) is 0 Å². The molecule has 0 aliphatic carbocycles. The molecule has 2 heteroatoms. The Kier molecular flexibility index (Phi) is 2.69. The molecule has 0 saturated heterocycles. The lowest BCUT2D eigenvalue weighted by Gasteiger charge is -1.97. The van der Waals surface area contributed by atoms with E-state index in [1.165, 1.54) is 5.56 Å². The first-order valence-electron chi connectivity index (χ1n) is 5.94. The lowest BCUT2D eigenvalue weighted by atomic mass is 10.1. The van der Waals surface area contributed by atoms with Gasteiger partial charge in [-0.1, -0.05) is 36.4 Å². The van der Waals surface area contributed by atoms with E-state index in [1.807, 2.05) is 48.6 Å². The maximum Gasteiger partial charge on any atom is 0.122 e. The number of hydrogen-bond acceptors (Lipinski definition) is 2. The molecule has 0 spiro atoms. The molecule has 0 amide bonds. The number of allylic oxidation sites excluding steroid dienone is 1. The molecule has 0 atom stereocenters. The van der Waals surface area contributed by atoms with Crippen molar-refractivity contribution in [2.75, 3.05) is 0 Å². The third kappa shape index (κ3) is 2.05. The second-order valence-corrected chi connectivity index (χ2v) is 4.30. The summed E-state index contributed by atoms with van der Waals surface area (Å²) in [6.45, 7) is 0. The number of benzene rings is 2. The highest BCUT2D eigenvalue weighted by Crippen LogP contribution is 2.26.